The fourth-order valence-electron chi connectivity index (χ4n) is 0.767. The smallest absolute Gasteiger partial charge is 0.141 e. The van der Waals surface area contributed by atoms with Crippen LogP contribution in [0.15, 0.2) is 24.2 Å². The van der Waals surface area contributed by atoms with Crippen LogP contribution < -0.4 is 5.73 Å². The second kappa shape index (κ2) is 2.71. The Morgan fingerprint density at radius 3 is 2.91 bits per heavy atom. The zero-order chi connectivity index (χ0) is 8.43. The van der Waals surface area contributed by atoms with Crippen molar-refractivity contribution in [1.29, 1.82) is 5.41 Å². The molecule has 4 nitrogen and oxygen atoms in total. The Morgan fingerprint density at radius 2 is 2.45 bits per heavy atom. The van der Waals surface area contributed by atoms with Crippen molar-refractivity contribution in [2.24, 2.45) is 5.73 Å². The molecule has 0 aromatic rings. The molecule has 1 heterocycles. The van der Waals surface area contributed by atoms with Gasteiger partial charge < -0.3 is 5.73 Å². The minimum atomic E-state index is -0.741. The molecule has 0 aromatic heterocycles. The topological polar surface area (TPSA) is 73.3 Å². The molecular weight excluding hydrogens is 149 g/mol. The minimum Gasteiger partial charge on any atom is -0.386 e. The van der Waals surface area contributed by atoms with Gasteiger partial charge in [0.15, 0.2) is 0 Å². The molecule has 0 aliphatic carbocycles. The zero-order valence-electron chi connectivity index (χ0n) is 5.66. The maximum absolute atomic E-state index is 12.3. The molecule has 1 atom stereocenters. The van der Waals surface area contributed by atoms with Crippen LogP contribution in [0.5, 0.6) is 0 Å². The molecule has 0 aromatic carbocycles. The first kappa shape index (κ1) is 7.74. The molecule has 5 heteroatoms. The number of nitrogens with one attached hydrogen (secondary N) is 1. The van der Waals surface area contributed by atoms with Crippen molar-refractivity contribution in [2.75, 3.05) is 0 Å². The van der Waals surface area contributed by atoms with E-state index in [0.29, 0.717) is 5.06 Å². The van der Waals surface area contributed by atoms with Gasteiger partial charge in [-0.3, -0.25) is 10.6 Å². The Hall–Kier alpha value is -1.36. The average Bonchev–Trinajstić information content (AvgIpc) is 1.85. The van der Waals surface area contributed by atoms with Gasteiger partial charge >= 0.3 is 0 Å². The van der Waals surface area contributed by atoms with Crippen LogP contribution in [0.2, 0.25) is 0 Å². The van der Waals surface area contributed by atoms with E-state index in [1.807, 2.05) is 0 Å². The number of hydroxylamine groups is 2. The zero-order valence-corrected chi connectivity index (χ0v) is 5.66. The van der Waals surface area contributed by atoms with E-state index in [1.54, 1.807) is 0 Å². The van der Waals surface area contributed by atoms with Crippen LogP contribution in [0.4, 0.5) is 4.39 Å². The average molecular weight is 157 g/mol. The van der Waals surface area contributed by atoms with Crippen LogP contribution in [-0.4, -0.2) is 22.1 Å². The van der Waals surface area contributed by atoms with Crippen LogP contribution in [0.25, 0.3) is 0 Å². The van der Waals surface area contributed by atoms with Crippen molar-refractivity contribution in [2.45, 2.75) is 6.04 Å². The van der Waals surface area contributed by atoms with Gasteiger partial charge in [-0.15, -0.1) is 0 Å². The van der Waals surface area contributed by atoms with Gasteiger partial charge in [-0.25, -0.2) is 9.45 Å². The predicted molar refractivity (Wildman–Crippen MR) is 37.7 cm³/mol. The highest BCUT2D eigenvalue weighted by Crippen LogP contribution is 2.11. The summed E-state index contributed by atoms with van der Waals surface area (Å²) in [5, 5.41) is 16.5. The van der Waals surface area contributed by atoms with Crippen molar-refractivity contribution < 1.29 is 9.60 Å². The summed E-state index contributed by atoms with van der Waals surface area (Å²) in [6.45, 7) is 0. The SMILES string of the molecule is N=C(N)C1C=CC(F)=CN1O. The first-order valence-electron chi connectivity index (χ1n) is 2.98. The summed E-state index contributed by atoms with van der Waals surface area (Å²) in [7, 11) is 0. The van der Waals surface area contributed by atoms with Crippen molar-refractivity contribution in [3.63, 3.8) is 0 Å². The molecule has 1 rings (SSSR count). The van der Waals surface area contributed by atoms with Gasteiger partial charge in [0.1, 0.15) is 17.7 Å². The summed E-state index contributed by atoms with van der Waals surface area (Å²) in [5.74, 6) is -0.794. The van der Waals surface area contributed by atoms with Gasteiger partial charge in [0.25, 0.3) is 0 Å². The maximum atomic E-state index is 12.3. The predicted octanol–water partition coefficient (Wildman–Crippen LogP) is 0.363. The summed E-state index contributed by atoms with van der Waals surface area (Å²) in [6.07, 6.45) is 3.32. The third-order valence-electron chi connectivity index (χ3n) is 1.30. The van der Waals surface area contributed by atoms with E-state index < -0.39 is 11.9 Å². The Bertz CT molecular complexity index is 236. The molecule has 0 radical (unpaired) electrons. The van der Waals surface area contributed by atoms with Gasteiger partial charge in [-0.2, -0.15) is 0 Å². The molecule has 1 aliphatic heterocycles. The van der Waals surface area contributed by atoms with Crippen molar-refractivity contribution in [3.8, 4) is 0 Å². The largest absolute Gasteiger partial charge is 0.386 e. The van der Waals surface area contributed by atoms with Gasteiger partial charge in [-0.1, -0.05) is 0 Å². The van der Waals surface area contributed by atoms with Gasteiger partial charge in [0.2, 0.25) is 0 Å². The first-order valence-corrected chi connectivity index (χ1v) is 2.98. The highest BCUT2D eigenvalue weighted by molar-refractivity contribution is 5.84. The van der Waals surface area contributed by atoms with Crippen LogP contribution in [0.1, 0.15) is 0 Å². The summed E-state index contributed by atoms with van der Waals surface area (Å²) < 4.78 is 12.3. The summed E-state index contributed by atoms with van der Waals surface area (Å²) in [5.41, 5.74) is 5.08. The van der Waals surface area contributed by atoms with Gasteiger partial charge in [-0.05, 0) is 12.2 Å². The standard InChI is InChI=1S/C6H8FN3O/c7-4-1-2-5(6(8)9)10(11)3-4/h1-3,5,11H,(H3,8,9). The van der Waals surface area contributed by atoms with E-state index in [0.717, 1.165) is 12.3 Å². The minimum absolute atomic E-state index is 0.229. The molecule has 1 unspecified atom stereocenters. The fraction of sp³-hybridized carbons (Fsp3) is 0.167. The Morgan fingerprint density at radius 1 is 1.82 bits per heavy atom. The van der Waals surface area contributed by atoms with E-state index in [4.69, 9.17) is 16.4 Å². The number of hydrogen-bond donors (Lipinski definition) is 3. The molecule has 0 spiro atoms. The lowest BCUT2D eigenvalue weighted by atomic mass is 10.2. The monoisotopic (exact) mass is 157 g/mol. The molecule has 0 saturated heterocycles. The van der Waals surface area contributed by atoms with Crippen molar-refractivity contribution in [3.05, 3.63) is 24.2 Å². The van der Waals surface area contributed by atoms with Crippen LogP contribution in [0.3, 0.4) is 0 Å². The molecule has 1 aliphatic rings. The van der Waals surface area contributed by atoms with Crippen molar-refractivity contribution >= 4 is 5.84 Å². The number of allylic oxidation sites excluding steroid dienone is 2. The highest BCUT2D eigenvalue weighted by Gasteiger charge is 2.17. The quantitative estimate of drug-likeness (QED) is 0.380. The molecule has 0 bridgehead atoms. The second-order valence-electron chi connectivity index (χ2n) is 2.15. The molecule has 11 heavy (non-hydrogen) atoms. The van der Waals surface area contributed by atoms with Crippen LogP contribution in [-0.2, 0) is 0 Å². The number of halogens is 1. The Labute approximate surface area is 62.9 Å². The van der Waals surface area contributed by atoms with E-state index in [1.165, 1.54) is 6.08 Å². The summed E-state index contributed by atoms with van der Waals surface area (Å²) in [6, 6.07) is -0.741. The fourth-order valence-corrected chi connectivity index (χ4v) is 0.767. The molecule has 0 fully saturated rings. The first-order chi connectivity index (χ1) is 5.11. The summed E-state index contributed by atoms with van der Waals surface area (Å²) >= 11 is 0. The molecular formula is C6H8FN3O. The third kappa shape index (κ3) is 1.56. The lowest BCUT2D eigenvalue weighted by Gasteiger charge is -2.22. The number of hydrogen-bond acceptors (Lipinski definition) is 3. The maximum Gasteiger partial charge on any atom is 0.141 e. The van der Waals surface area contributed by atoms with Gasteiger partial charge in [0.05, 0.1) is 6.20 Å². The summed E-state index contributed by atoms with van der Waals surface area (Å²) in [4.78, 5) is 0. The lowest BCUT2D eigenvalue weighted by molar-refractivity contribution is -0.0496. The normalized spacial score (nSPS) is 23.3. The number of amidine groups is 1. The molecule has 0 amide bonds. The van der Waals surface area contributed by atoms with E-state index in [-0.39, 0.29) is 5.84 Å². The number of rotatable bonds is 1. The van der Waals surface area contributed by atoms with E-state index >= 15 is 0 Å². The highest BCUT2D eigenvalue weighted by atomic mass is 19.1. The Balaban J connectivity index is 2.77. The lowest BCUT2D eigenvalue weighted by Crippen LogP contribution is -2.39. The van der Waals surface area contributed by atoms with Crippen LogP contribution in [0, 0.1) is 5.41 Å². The Kier molecular flexibility index (Phi) is 1.91. The van der Waals surface area contributed by atoms with Crippen LogP contribution >= 0.6 is 0 Å². The molecule has 60 valence electrons. The number of nitrogens with two attached hydrogens (primary N) is 1. The number of nitrogens with zero attached hydrogens (tertiary/aromatic N) is 1. The van der Waals surface area contributed by atoms with Crippen molar-refractivity contribution in [1.82, 2.24) is 5.06 Å². The van der Waals surface area contributed by atoms with E-state index in [9.17, 15) is 4.39 Å². The second-order valence-corrected chi connectivity index (χ2v) is 2.15. The van der Waals surface area contributed by atoms with E-state index in [2.05, 4.69) is 0 Å². The third-order valence-corrected chi connectivity index (χ3v) is 1.30. The molecule has 0 saturated carbocycles. The van der Waals surface area contributed by atoms with Gasteiger partial charge in [0, 0.05) is 0 Å². The molecule has 4 N–H and O–H groups in total.